The lowest BCUT2D eigenvalue weighted by molar-refractivity contribution is -0.149. The number of nitrogen functional groups attached to an aromatic ring is 1. The molecule has 0 aliphatic heterocycles. The number of nitrogens with two attached hydrogens (primary N) is 1. The fourth-order valence-corrected chi connectivity index (χ4v) is 5.89. The predicted octanol–water partition coefficient (Wildman–Crippen LogP) is 4.82. The third-order valence-corrected chi connectivity index (χ3v) is 7.77. The number of hydrogen-bond acceptors (Lipinski definition) is 11. The maximum atomic E-state index is 14.1. The van der Waals surface area contributed by atoms with Crippen molar-refractivity contribution in [2.45, 2.75) is 72.4 Å². The van der Waals surface area contributed by atoms with E-state index in [0.717, 1.165) is 5.56 Å². The molecule has 13 nitrogen and oxygen atoms in total. The molecule has 0 saturated heterocycles. The summed E-state index contributed by atoms with van der Waals surface area (Å²) in [6.45, 7) is 11.1. The number of hydrogen-bond donors (Lipinski definition) is 2. The Hall–Kier alpha value is -4.06. The number of rotatable bonds is 14. The van der Waals surface area contributed by atoms with Crippen molar-refractivity contribution >= 4 is 30.5 Å². The highest BCUT2D eigenvalue weighted by Gasteiger charge is 2.32. The number of nitrogens with one attached hydrogen (secondary N) is 1. The van der Waals surface area contributed by atoms with Crippen molar-refractivity contribution < 1.29 is 28.1 Å². The molecule has 3 atom stereocenters. The molecule has 0 fully saturated rings. The van der Waals surface area contributed by atoms with E-state index in [4.69, 9.17) is 24.5 Å². The minimum atomic E-state index is -3.78. The van der Waals surface area contributed by atoms with Crippen LogP contribution in [-0.2, 0) is 25.4 Å². The molecular formula is C29H38N7O6P. The van der Waals surface area contributed by atoms with Crippen LogP contribution in [0.5, 0.6) is 11.6 Å². The number of esters is 1. The van der Waals surface area contributed by atoms with Gasteiger partial charge in [0, 0.05) is 11.6 Å². The molecule has 3 N–H and O–H groups in total. The lowest BCUT2D eigenvalue weighted by Gasteiger charge is -2.25. The fourth-order valence-electron chi connectivity index (χ4n) is 4.10. The first-order valence-electron chi connectivity index (χ1n) is 14.0. The van der Waals surface area contributed by atoms with Gasteiger partial charge in [0.1, 0.15) is 30.0 Å². The molecule has 1 unspecified atom stereocenters. The average molecular weight is 612 g/mol. The van der Waals surface area contributed by atoms with Crippen molar-refractivity contribution in [1.82, 2.24) is 29.6 Å². The Kier molecular flexibility index (Phi) is 10.3. The zero-order valence-corrected chi connectivity index (χ0v) is 26.0. The average Bonchev–Trinajstić information content (AvgIpc) is 3.35. The first-order valence-corrected chi connectivity index (χ1v) is 15.8. The number of anilines is 1. The summed E-state index contributed by atoms with van der Waals surface area (Å²) in [5.74, 6) is 0.566. The molecule has 4 rings (SSSR count). The molecule has 0 bridgehead atoms. The van der Waals surface area contributed by atoms with E-state index in [-0.39, 0.29) is 24.4 Å². The van der Waals surface area contributed by atoms with Crippen LogP contribution in [0.25, 0.3) is 22.4 Å². The molecule has 4 aromatic rings. The molecule has 0 aliphatic rings. The van der Waals surface area contributed by atoms with Crippen molar-refractivity contribution in [2.24, 2.45) is 0 Å². The van der Waals surface area contributed by atoms with Crippen LogP contribution in [0.3, 0.4) is 0 Å². The lowest BCUT2D eigenvalue weighted by atomic mass is 10.1. The third kappa shape index (κ3) is 8.73. The molecule has 43 heavy (non-hydrogen) atoms. The summed E-state index contributed by atoms with van der Waals surface area (Å²) >= 11 is 0. The second kappa shape index (κ2) is 13.9. The van der Waals surface area contributed by atoms with Crippen molar-refractivity contribution in [3.8, 4) is 22.9 Å². The summed E-state index contributed by atoms with van der Waals surface area (Å²) in [6.07, 6.45) is 1.87. The molecule has 0 amide bonds. The zero-order valence-electron chi connectivity index (χ0n) is 25.1. The van der Waals surface area contributed by atoms with Crippen LogP contribution in [0.2, 0.25) is 0 Å². The van der Waals surface area contributed by atoms with Crippen LogP contribution < -0.4 is 20.1 Å². The van der Waals surface area contributed by atoms with Crippen molar-refractivity contribution in [1.29, 1.82) is 0 Å². The zero-order chi connectivity index (χ0) is 31.1. The lowest BCUT2D eigenvalue weighted by Crippen LogP contribution is -2.37. The fraction of sp³-hybridized carbons (Fsp3) is 0.414. The van der Waals surface area contributed by atoms with E-state index in [2.05, 4.69) is 25.0 Å². The monoisotopic (exact) mass is 611 g/mol. The Balaban J connectivity index is 1.49. The van der Waals surface area contributed by atoms with Crippen LogP contribution in [0, 0.1) is 0 Å². The third-order valence-electron chi connectivity index (χ3n) is 5.99. The van der Waals surface area contributed by atoms with Gasteiger partial charge in [-0.05, 0) is 71.9 Å². The Labute approximate surface area is 250 Å². The quantitative estimate of drug-likeness (QED) is 0.148. The summed E-state index contributed by atoms with van der Waals surface area (Å²) < 4.78 is 38.8. The summed E-state index contributed by atoms with van der Waals surface area (Å²) in [6, 6.07) is 11.6. The van der Waals surface area contributed by atoms with Gasteiger partial charge < -0.3 is 29.0 Å². The normalized spacial score (nSPS) is 14.4. The van der Waals surface area contributed by atoms with Gasteiger partial charge >= 0.3 is 13.5 Å². The van der Waals surface area contributed by atoms with Gasteiger partial charge in [-0.15, -0.1) is 0 Å². The summed E-state index contributed by atoms with van der Waals surface area (Å²) in [5.41, 5.74) is 8.47. The number of carbonyl (C=O) groups excluding carboxylic acids is 1. The Morgan fingerprint density at radius 1 is 1.00 bits per heavy atom. The van der Waals surface area contributed by atoms with Gasteiger partial charge in [-0.3, -0.25) is 9.36 Å². The number of pyridine rings is 1. The Bertz CT molecular complexity index is 1580. The highest BCUT2D eigenvalue weighted by atomic mass is 31.2. The number of aromatic nitrogens is 5. The number of imidazole rings is 1. The van der Waals surface area contributed by atoms with E-state index in [1.807, 2.05) is 32.9 Å². The molecule has 3 heterocycles. The van der Waals surface area contributed by atoms with Crippen LogP contribution >= 0.6 is 7.52 Å². The smallest absolute Gasteiger partial charge is 0.342 e. The number of benzene rings is 1. The summed E-state index contributed by atoms with van der Waals surface area (Å²) in [7, 11) is -3.78. The molecule has 0 spiro atoms. The molecule has 0 aliphatic carbocycles. The van der Waals surface area contributed by atoms with Gasteiger partial charge in [-0.1, -0.05) is 6.07 Å². The van der Waals surface area contributed by atoms with Crippen LogP contribution in [-0.4, -0.2) is 61.2 Å². The van der Waals surface area contributed by atoms with Crippen molar-refractivity contribution in [3.63, 3.8) is 0 Å². The van der Waals surface area contributed by atoms with Gasteiger partial charge in [0.25, 0.3) is 0 Å². The van der Waals surface area contributed by atoms with Gasteiger partial charge in [0.05, 0.1) is 36.9 Å². The predicted molar refractivity (Wildman–Crippen MR) is 163 cm³/mol. The molecular weight excluding hydrogens is 573 g/mol. The van der Waals surface area contributed by atoms with E-state index >= 15 is 0 Å². The van der Waals surface area contributed by atoms with E-state index in [9.17, 15) is 9.36 Å². The number of carbonyl (C=O) groups is 1. The van der Waals surface area contributed by atoms with Crippen molar-refractivity contribution in [3.05, 3.63) is 55.1 Å². The van der Waals surface area contributed by atoms with Gasteiger partial charge in [0.15, 0.2) is 11.5 Å². The summed E-state index contributed by atoms with van der Waals surface area (Å²) in [5, 5.41) is 2.82. The van der Waals surface area contributed by atoms with E-state index in [1.54, 1.807) is 62.0 Å². The summed E-state index contributed by atoms with van der Waals surface area (Å²) in [4.78, 5) is 29.5. The molecule has 3 aromatic heterocycles. The topological polar surface area (TPSA) is 166 Å². The highest BCUT2D eigenvalue weighted by Crippen LogP contribution is 2.44. The number of fused-ring (bicyclic) bond motifs is 1. The van der Waals surface area contributed by atoms with Gasteiger partial charge in [-0.2, -0.15) is 0 Å². The first kappa shape index (κ1) is 31.9. The molecule has 0 saturated carbocycles. The maximum Gasteiger partial charge on any atom is 0.342 e. The molecule has 230 valence electrons. The van der Waals surface area contributed by atoms with E-state index in [1.165, 1.54) is 6.33 Å². The Morgan fingerprint density at radius 3 is 2.44 bits per heavy atom. The second-order valence-electron chi connectivity index (χ2n) is 10.6. The van der Waals surface area contributed by atoms with Gasteiger partial charge in [0.2, 0.25) is 5.88 Å². The van der Waals surface area contributed by atoms with Crippen LogP contribution in [0.4, 0.5) is 5.82 Å². The van der Waals surface area contributed by atoms with Gasteiger partial charge in [-0.25, -0.2) is 25.0 Å². The molecule has 0 radical (unpaired) electrons. The highest BCUT2D eigenvalue weighted by molar-refractivity contribution is 7.57. The first-order chi connectivity index (χ1) is 20.4. The second-order valence-corrected chi connectivity index (χ2v) is 12.6. The minimum absolute atomic E-state index is 0.00243. The Morgan fingerprint density at radius 2 is 1.74 bits per heavy atom. The van der Waals surface area contributed by atoms with Crippen molar-refractivity contribution in [2.75, 3.05) is 12.1 Å². The SMILES string of the molecule is CC(C)OC(=O)[C@H](C)NP(=O)(CO[C@H](C)Cn1cnc2c(N)ncnc21)Oc1ccc(-c2cccc(OC(C)C)n2)cc1. The number of ether oxygens (including phenoxy) is 3. The minimum Gasteiger partial charge on any atom is -0.475 e. The molecule has 14 heteroatoms. The molecule has 1 aromatic carbocycles. The van der Waals surface area contributed by atoms with Crippen LogP contribution in [0.15, 0.2) is 55.1 Å². The largest absolute Gasteiger partial charge is 0.475 e. The van der Waals surface area contributed by atoms with Crippen LogP contribution in [0.1, 0.15) is 41.5 Å². The maximum absolute atomic E-state index is 14.1. The van der Waals surface area contributed by atoms with E-state index < -0.39 is 25.6 Å². The number of nitrogens with zero attached hydrogens (tertiary/aromatic N) is 5. The standard InChI is InChI=1S/C29H38N7O6P/c1-18(2)40-25-9-7-8-24(34-25)22-10-12-23(13-11-22)42-43(38,35-21(6)29(37)41-19(3)4)17-39-20(5)14-36-16-33-26-27(30)31-15-32-28(26)36/h7-13,15-16,18-21H,14,17H2,1-6H3,(H,35,38)(H2,30,31,32)/t20-,21+,43?/m1/s1. The van der Waals surface area contributed by atoms with E-state index in [0.29, 0.717) is 35.0 Å².